The van der Waals surface area contributed by atoms with E-state index in [1.54, 1.807) is 12.4 Å². The van der Waals surface area contributed by atoms with Crippen molar-refractivity contribution in [3.63, 3.8) is 0 Å². The number of rotatable bonds is 2. The molecular weight excluding hydrogens is 278 g/mol. The Kier molecular flexibility index (Phi) is 3.44. The number of aromatic nitrogens is 3. The van der Waals surface area contributed by atoms with Crippen molar-refractivity contribution in [2.45, 2.75) is 19.4 Å². The van der Waals surface area contributed by atoms with E-state index in [-0.39, 0.29) is 11.9 Å². The second-order valence-corrected chi connectivity index (χ2v) is 5.14. The minimum absolute atomic E-state index is 0.145. The van der Waals surface area contributed by atoms with Gasteiger partial charge in [0.05, 0.1) is 18.7 Å². The number of hydrogen-bond donors (Lipinski definition) is 0. The normalized spacial score (nSPS) is 17.6. The van der Waals surface area contributed by atoms with E-state index in [9.17, 15) is 4.79 Å². The molecule has 1 aliphatic rings. The van der Waals surface area contributed by atoms with E-state index >= 15 is 0 Å². The molecule has 0 spiro atoms. The molecule has 104 valence electrons. The maximum absolute atomic E-state index is 11.7. The van der Waals surface area contributed by atoms with Crippen molar-refractivity contribution in [1.29, 1.82) is 0 Å². The van der Waals surface area contributed by atoms with E-state index in [0.717, 1.165) is 29.9 Å². The first-order valence-electron chi connectivity index (χ1n) is 6.44. The fourth-order valence-corrected chi connectivity index (χ4v) is 2.87. The highest BCUT2D eigenvalue weighted by Gasteiger charge is 2.29. The van der Waals surface area contributed by atoms with E-state index in [1.807, 2.05) is 16.7 Å². The van der Waals surface area contributed by atoms with Gasteiger partial charge < -0.3 is 9.30 Å². The molecular formula is C14H14ClN3O2. The van der Waals surface area contributed by atoms with E-state index in [4.69, 9.17) is 16.3 Å². The van der Waals surface area contributed by atoms with Gasteiger partial charge in [0.15, 0.2) is 5.15 Å². The maximum Gasteiger partial charge on any atom is 0.310 e. The van der Waals surface area contributed by atoms with Crippen LogP contribution in [0.15, 0.2) is 24.5 Å². The standard InChI is InChI=1S/C14H14ClN3O2/c1-20-14(19)10-4-5-11-12(15)17-13(18(11)8-10)9-3-2-6-16-7-9/h2-3,6-7,10H,4-5,8H2,1H3. The summed E-state index contributed by atoms with van der Waals surface area (Å²) in [6.07, 6.45) is 4.92. The number of imidazole rings is 1. The number of halogens is 1. The largest absolute Gasteiger partial charge is 0.469 e. The molecule has 5 nitrogen and oxygen atoms in total. The molecule has 20 heavy (non-hydrogen) atoms. The molecule has 3 rings (SSSR count). The van der Waals surface area contributed by atoms with E-state index in [1.165, 1.54) is 7.11 Å². The fourth-order valence-electron chi connectivity index (χ4n) is 2.59. The third-order valence-corrected chi connectivity index (χ3v) is 3.91. The van der Waals surface area contributed by atoms with Crippen molar-refractivity contribution >= 4 is 17.6 Å². The molecule has 1 aliphatic heterocycles. The number of hydrogen-bond acceptors (Lipinski definition) is 4. The van der Waals surface area contributed by atoms with Crippen molar-refractivity contribution in [3.8, 4) is 11.4 Å². The van der Waals surface area contributed by atoms with Crippen molar-refractivity contribution in [2.75, 3.05) is 7.11 Å². The smallest absolute Gasteiger partial charge is 0.310 e. The Morgan fingerprint density at radius 3 is 3.10 bits per heavy atom. The van der Waals surface area contributed by atoms with Gasteiger partial charge in [0.1, 0.15) is 5.82 Å². The van der Waals surface area contributed by atoms with Gasteiger partial charge in [0.25, 0.3) is 0 Å². The summed E-state index contributed by atoms with van der Waals surface area (Å²) in [4.78, 5) is 20.2. The summed E-state index contributed by atoms with van der Waals surface area (Å²) in [6, 6.07) is 3.78. The van der Waals surface area contributed by atoms with Crippen molar-refractivity contribution < 1.29 is 9.53 Å². The Bertz CT molecular complexity index is 639. The van der Waals surface area contributed by atoms with Crippen LogP contribution in [-0.2, 0) is 22.5 Å². The Morgan fingerprint density at radius 1 is 1.55 bits per heavy atom. The van der Waals surface area contributed by atoms with E-state index in [2.05, 4.69) is 9.97 Å². The van der Waals surface area contributed by atoms with Crippen LogP contribution in [0.4, 0.5) is 0 Å². The summed E-state index contributed by atoms with van der Waals surface area (Å²) in [5.74, 6) is 0.428. The first kappa shape index (κ1) is 13.1. The predicted molar refractivity (Wildman–Crippen MR) is 74.3 cm³/mol. The van der Waals surface area contributed by atoms with Crippen LogP contribution < -0.4 is 0 Å². The summed E-state index contributed by atoms with van der Waals surface area (Å²) in [7, 11) is 1.42. The number of carbonyl (C=O) groups excluding carboxylic acids is 1. The third kappa shape index (κ3) is 2.18. The van der Waals surface area contributed by atoms with Crippen LogP contribution in [0.5, 0.6) is 0 Å². The zero-order chi connectivity index (χ0) is 14.1. The van der Waals surface area contributed by atoms with Gasteiger partial charge in [-0.25, -0.2) is 4.98 Å². The molecule has 0 amide bonds. The molecule has 0 radical (unpaired) electrons. The highest BCUT2D eigenvalue weighted by Crippen LogP contribution is 2.32. The lowest BCUT2D eigenvalue weighted by Gasteiger charge is -2.23. The van der Waals surface area contributed by atoms with Crippen LogP contribution in [-0.4, -0.2) is 27.6 Å². The molecule has 6 heteroatoms. The zero-order valence-corrected chi connectivity index (χ0v) is 11.8. The second kappa shape index (κ2) is 5.25. The number of esters is 1. The van der Waals surface area contributed by atoms with Crippen LogP contribution in [0.25, 0.3) is 11.4 Å². The number of fused-ring (bicyclic) bond motifs is 1. The van der Waals surface area contributed by atoms with Crippen LogP contribution in [0.3, 0.4) is 0 Å². The molecule has 3 heterocycles. The number of pyridine rings is 1. The monoisotopic (exact) mass is 291 g/mol. The van der Waals surface area contributed by atoms with Crippen LogP contribution in [0.1, 0.15) is 12.1 Å². The summed E-state index contributed by atoms with van der Waals surface area (Å²) < 4.78 is 6.84. The quantitative estimate of drug-likeness (QED) is 0.797. The van der Waals surface area contributed by atoms with Crippen LogP contribution in [0.2, 0.25) is 5.15 Å². The molecule has 0 N–H and O–H groups in total. The van der Waals surface area contributed by atoms with Gasteiger partial charge in [-0.05, 0) is 25.0 Å². The van der Waals surface area contributed by atoms with Gasteiger partial charge in [-0.1, -0.05) is 11.6 Å². The van der Waals surface area contributed by atoms with Gasteiger partial charge in [0.2, 0.25) is 0 Å². The lowest BCUT2D eigenvalue weighted by Crippen LogP contribution is -2.28. The second-order valence-electron chi connectivity index (χ2n) is 4.78. The molecule has 0 fully saturated rings. The topological polar surface area (TPSA) is 57.0 Å². The predicted octanol–water partition coefficient (Wildman–Crippen LogP) is 2.33. The molecule has 0 aliphatic carbocycles. The van der Waals surface area contributed by atoms with Gasteiger partial charge in [-0.2, -0.15) is 0 Å². The molecule has 2 aromatic rings. The first-order valence-corrected chi connectivity index (χ1v) is 6.81. The maximum atomic E-state index is 11.7. The van der Waals surface area contributed by atoms with Gasteiger partial charge in [-0.15, -0.1) is 0 Å². The lowest BCUT2D eigenvalue weighted by molar-refractivity contribution is -0.146. The molecule has 1 atom stereocenters. The third-order valence-electron chi connectivity index (χ3n) is 3.61. The minimum atomic E-state index is -0.183. The fraction of sp³-hybridized carbons (Fsp3) is 0.357. The highest BCUT2D eigenvalue weighted by atomic mass is 35.5. The Labute approximate surface area is 121 Å². The Hall–Kier alpha value is -1.88. The summed E-state index contributed by atoms with van der Waals surface area (Å²) in [5, 5.41) is 0.507. The number of methoxy groups -OCH3 is 1. The molecule has 2 aromatic heterocycles. The lowest BCUT2D eigenvalue weighted by atomic mass is 9.98. The molecule has 0 saturated heterocycles. The average Bonchev–Trinajstić information content (AvgIpc) is 2.84. The van der Waals surface area contributed by atoms with Gasteiger partial charge >= 0.3 is 5.97 Å². The van der Waals surface area contributed by atoms with Crippen molar-refractivity contribution in [3.05, 3.63) is 35.4 Å². The Morgan fingerprint density at radius 2 is 2.40 bits per heavy atom. The highest BCUT2D eigenvalue weighted by molar-refractivity contribution is 6.30. The summed E-state index contributed by atoms with van der Waals surface area (Å²) in [5.41, 5.74) is 1.87. The van der Waals surface area contributed by atoms with Gasteiger partial charge in [0, 0.05) is 24.5 Å². The van der Waals surface area contributed by atoms with Crippen molar-refractivity contribution in [2.24, 2.45) is 5.92 Å². The molecule has 0 bridgehead atoms. The first-order chi connectivity index (χ1) is 9.70. The van der Waals surface area contributed by atoms with Gasteiger partial charge in [-0.3, -0.25) is 9.78 Å². The van der Waals surface area contributed by atoms with E-state index < -0.39 is 0 Å². The number of carbonyl (C=O) groups is 1. The van der Waals surface area contributed by atoms with Crippen LogP contribution in [0, 0.1) is 5.92 Å². The van der Waals surface area contributed by atoms with Crippen molar-refractivity contribution in [1.82, 2.24) is 14.5 Å². The summed E-state index contributed by atoms with van der Waals surface area (Å²) in [6.45, 7) is 0.548. The minimum Gasteiger partial charge on any atom is -0.469 e. The van der Waals surface area contributed by atoms with E-state index in [0.29, 0.717) is 11.7 Å². The Balaban J connectivity index is 2.01. The zero-order valence-electron chi connectivity index (χ0n) is 11.0. The summed E-state index contributed by atoms with van der Waals surface area (Å²) >= 11 is 6.21. The SMILES string of the molecule is COC(=O)C1CCc2c(Cl)nc(-c3cccnc3)n2C1. The molecule has 0 aromatic carbocycles. The molecule has 1 unspecified atom stereocenters. The number of ether oxygens (including phenoxy) is 1. The molecule has 0 saturated carbocycles. The average molecular weight is 292 g/mol. The number of nitrogens with zero attached hydrogens (tertiary/aromatic N) is 3. The van der Waals surface area contributed by atoms with Crippen LogP contribution >= 0.6 is 11.6 Å².